The molecule has 0 N–H and O–H groups in total. The van der Waals surface area contributed by atoms with Crippen LogP contribution in [0.1, 0.15) is 0 Å². The van der Waals surface area contributed by atoms with Gasteiger partial charge in [0.2, 0.25) is 0 Å². The van der Waals surface area contributed by atoms with Gasteiger partial charge in [-0.05, 0) is 24.8 Å². The number of halogens is 9. The van der Waals surface area contributed by atoms with Crippen molar-refractivity contribution in [1.82, 2.24) is 0 Å². The van der Waals surface area contributed by atoms with Crippen LogP contribution in [0.4, 0.5) is 39.5 Å². The van der Waals surface area contributed by atoms with E-state index in [1.165, 1.54) is 0 Å². The third kappa shape index (κ3) is 6.14. The first-order valence-corrected chi connectivity index (χ1v) is 11.0. The van der Waals surface area contributed by atoms with Gasteiger partial charge >= 0.3 is 16.5 Å². The molecule has 170 valence electrons. The second-order valence-electron chi connectivity index (χ2n) is 4.46. The monoisotopic (exact) mass is 522 g/mol. The fraction of sp³-hybridized carbons (Fsp3) is 0.300. The Hall–Kier alpha value is -1.21. The molecule has 0 bridgehead atoms. The number of alkyl halides is 9. The third-order valence-electron chi connectivity index (χ3n) is 2.35. The molecule has 0 saturated heterocycles. The molecule has 29 heavy (non-hydrogen) atoms. The molecule has 1 aromatic carbocycles. The van der Waals surface area contributed by atoms with Gasteiger partial charge in [0, 0.05) is 0 Å². The largest absolute Gasteiger partial charge is 0.470 e. The molecule has 0 amide bonds. The van der Waals surface area contributed by atoms with Crippen LogP contribution >= 0.6 is 0 Å². The smallest absolute Gasteiger partial charge is 0.251 e. The Bertz CT molecular complexity index is 902. The first-order chi connectivity index (χ1) is 12.5. The van der Waals surface area contributed by atoms with Crippen molar-refractivity contribution in [1.29, 1.82) is 0 Å². The molecule has 0 aliphatic heterocycles. The summed E-state index contributed by atoms with van der Waals surface area (Å²) in [6, 6.07) is 9.96. The minimum atomic E-state index is -8.02. The van der Waals surface area contributed by atoms with Crippen molar-refractivity contribution in [3.8, 4) is 0 Å². The van der Waals surface area contributed by atoms with E-state index in [4.69, 9.17) is 0 Å². The van der Waals surface area contributed by atoms with Gasteiger partial charge in [0.25, 0.3) is 0 Å². The van der Waals surface area contributed by atoms with Gasteiger partial charge in [-0.1, -0.05) is 18.2 Å². The molecule has 0 aliphatic rings. The number of benzene rings is 1. The van der Waals surface area contributed by atoms with Crippen LogP contribution in [0.15, 0.2) is 35.2 Å². The number of sulfone groups is 3. The average molecular weight is 522 g/mol. The molecule has 0 atom stereocenters. The lowest BCUT2D eigenvalue weighted by molar-refractivity contribution is -0.0471. The summed E-state index contributed by atoms with van der Waals surface area (Å²) in [7, 11) is -24.1. The van der Waals surface area contributed by atoms with Crippen molar-refractivity contribution < 1.29 is 64.8 Å². The van der Waals surface area contributed by atoms with E-state index in [1.54, 1.807) is 0 Å². The fourth-order valence-electron chi connectivity index (χ4n) is 1.15. The van der Waals surface area contributed by atoms with Crippen molar-refractivity contribution in [2.24, 2.45) is 0 Å². The summed E-state index contributed by atoms with van der Waals surface area (Å²) < 4.78 is 167. The van der Waals surface area contributed by atoms with E-state index < -0.39 is 50.0 Å². The topological polar surface area (TPSA) is 102 Å². The Morgan fingerprint density at radius 2 is 0.828 bits per heavy atom. The molecule has 0 aromatic heterocycles. The molecule has 0 fully saturated rings. The minimum Gasteiger partial charge on any atom is -0.251 e. The quantitative estimate of drug-likeness (QED) is 0.343. The van der Waals surface area contributed by atoms with Crippen molar-refractivity contribution in [3.05, 3.63) is 34.2 Å². The van der Waals surface area contributed by atoms with Crippen LogP contribution in [-0.2, 0) is 42.1 Å². The normalized spacial score (nSPS) is 14.3. The maximum atomic E-state index is 12.0. The molecular weight excluding hydrogens is 515 g/mol. The Morgan fingerprint density at radius 1 is 0.586 bits per heavy atom. The van der Waals surface area contributed by atoms with Crippen LogP contribution < -0.4 is 0 Å². The highest BCUT2D eigenvalue weighted by molar-refractivity contribution is 8.29. The zero-order chi connectivity index (χ0) is 23.7. The molecule has 0 unspecified atom stereocenters. The molecule has 0 radical (unpaired) electrons. The third-order valence-corrected chi connectivity index (χ3v) is 9.77. The average Bonchev–Trinajstić information content (AvgIpc) is 2.44. The lowest BCUT2D eigenvalue weighted by atomic mass is 10.4. The van der Waals surface area contributed by atoms with E-state index in [0.29, 0.717) is 0 Å². The Balaban J connectivity index is 0.000000929. The van der Waals surface area contributed by atoms with Crippen LogP contribution in [0.25, 0.3) is 0 Å². The molecule has 0 aliphatic carbocycles. The summed E-state index contributed by atoms with van der Waals surface area (Å²) in [6.07, 6.45) is 0. The van der Waals surface area contributed by atoms with E-state index in [-0.39, 0.29) is 0 Å². The highest BCUT2D eigenvalue weighted by atomic mass is 32.3. The van der Waals surface area contributed by atoms with Gasteiger partial charge in [0.05, 0.1) is 3.91 Å². The SMILES string of the molecule is O=S(=O)([C-](S(=O)(=O)C(F)(F)F)S(=O)(=O)C(F)(F)F)C(F)(F)F.[SH2+]c1ccccc1. The van der Waals surface area contributed by atoms with Crippen molar-refractivity contribution in [2.75, 3.05) is 0 Å². The molecular formula is C10H7F9O6S4. The zero-order valence-electron chi connectivity index (χ0n) is 13.0. The second-order valence-corrected chi connectivity index (χ2v) is 11.5. The Morgan fingerprint density at radius 3 is 0.966 bits per heavy atom. The fourth-order valence-corrected chi connectivity index (χ4v) is 7.08. The van der Waals surface area contributed by atoms with Gasteiger partial charge in [-0.3, -0.25) is 25.3 Å². The predicted octanol–water partition coefficient (Wildman–Crippen LogP) is 2.29. The van der Waals surface area contributed by atoms with Crippen molar-refractivity contribution >= 4 is 42.1 Å². The molecule has 0 spiro atoms. The van der Waals surface area contributed by atoms with E-state index >= 15 is 0 Å². The van der Waals surface area contributed by atoms with Crippen LogP contribution in [0, 0.1) is 3.91 Å². The lowest BCUT2D eigenvalue weighted by Crippen LogP contribution is -2.47. The van der Waals surface area contributed by atoms with Gasteiger partial charge in [-0.15, -0.1) is 0 Å². The number of hydrogen-bond acceptors (Lipinski definition) is 6. The molecule has 1 aromatic rings. The van der Waals surface area contributed by atoms with E-state index in [1.807, 2.05) is 30.3 Å². The number of hydrogen-bond donors (Lipinski definition) is 0. The van der Waals surface area contributed by atoms with Gasteiger partial charge in [-0.2, -0.15) is 39.5 Å². The summed E-state index contributed by atoms with van der Waals surface area (Å²) in [5.41, 5.74) is -21.2. The summed E-state index contributed by atoms with van der Waals surface area (Å²) in [6.45, 7) is 0. The Kier molecular flexibility index (Phi) is 8.14. The van der Waals surface area contributed by atoms with Crippen LogP contribution in [-0.4, -0.2) is 41.8 Å². The number of rotatable bonds is 3. The molecule has 0 saturated carbocycles. The minimum absolute atomic E-state index is 1.13. The highest BCUT2D eigenvalue weighted by Crippen LogP contribution is 2.47. The van der Waals surface area contributed by atoms with Gasteiger partial charge in [0.15, 0.2) is 29.5 Å². The first-order valence-electron chi connectivity index (χ1n) is 6.09. The lowest BCUT2D eigenvalue weighted by Gasteiger charge is -2.31. The van der Waals surface area contributed by atoms with E-state index in [0.717, 1.165) is 4.90 Å². The van der Waals surface area contributed by atoms with Gasteiger partial charge < -0.3 is 0 Å². The first kappa shape index (κ1) is 27.8. The van der Waals surface area contributed by atoms with Gasteiger partial charge in [-0.25, -0.2) is 0 Å². The summed E-state index contributed by atoms with van der Waals surface area (Å²) in [5.74, 6) is 0. The summed E-state index contributed by atoms with van der Waals surface area (Å²) >= 11 is 3.36. The summed E-state index contributed by atoms with van der Waals surface area (Å²) in [4.78, 5) is 1.13. The maximum Gasteiger partial charge on any atom is 0.470 e. The molecule has 0 heterocycles. The van der Waals surface area contributed by atoms with Crippen LogP contribution in [0.2, 0.25) is 0 Å². The Labute approximate surface area is 162 Å². The molecule has 1 rings (SSSR count). The predicted molar refractivity (Wildman–Crippen MR) is 83.0 cm³/mol. The van der Waals surface area contributed by atoms with E-state index in [2.05, 4.69) is 12.6 Å². The second kappa shape index (κ2) is 8.50. The standard InChI is InChI=1S/C6H6S.C4F9O6S3/c7-6-4-2-1-3-5-6;5-2(6,7)20(14,15)1(21(16,17)3(8,9)10)22(18,19)4(11,12)13/h1-5,7H;/q;-1/p+1. The highest BCUT2D eigenvalue weighted by Gasteiger charge is 2.63. The van der Waals surface area contributed by atoms with Gasteiger partial charge in [0.1, 0.15) is 4.90 Å². The van der Waals surface area contributed by atoms with Crippen LogP contribution in [0.5, 0.6) is 0 Å². The van der Waals surface area contributed by atoms with Crippen molar-refractivity contribution in [3.63, 3.8) is 0 Å². The van der Waals surface area contributed by atoms with Crippen molar-refractivity contribution in [2.45, 2.75) is 21.4 Å². The molecule has 6 nitrogen and oxygen atoms in total. The zero-order valence-corrected chi connectivity index (χ0v) is 16.4. The molecule has 19 heteroatoms. The summed E-state index contributed by atoms with van der Waals surface area (Å²) in [5, 5.41) is 0. The maximum absolute atomic E-state index is 12.0. The van der Waals surface area contributed by atoms with E-state index in [9.17, 15) is 64.8 Å². The van der Waals surface area contributed by atoms with Crippen LogP contribution in [0.3, 0.4) is 0 Å².